The zero-order valence-electron chi connectivity index (χ0n) is 12.5. The minimum Gasteiger partial charge on any atom is -0.493 e. The highest BCUT2D eigenvalue weighted by molar-refractivity contribution is 5.63. The van der Waals surface area contributed by atoms with Gasteiger partial charge in [-0.05, 0) is 25.1 Å². The van der Waals surface area contributed by atoms with Crippen molar-refractivity contribution in [2.75, 3.05) is 13.7 Å². The van der Waals surface area contributed by atoms with Gasteiger partial charge in [0.05, 0.1) is 19.9 Å². The molecule has 0 saturated heterocycles. The lowest BCUT2D eigenvalue weighted by atomic mass is 10.1. The van der Waals surface area contributed by atoms with Crippen molar-refractivity contribution in [1.82, 2.24) is 25.0 Å². The number of H-pyrrole nitrogens is 1. The monoisotopic (exact) mass is 299 g/mol. The summed E-state index contributed by atoms with van der Waals surface area (Å²) in [6.45, 7) is 3.06. The van der Waals surface area contributed by atoms with Crippen LogP contribution >= 0.6 is 0 Å². The minimum absolute atomic E-state index is 0.550. The van der Waals surface area contributed by atoms with Crippen LogP contribution in [0.3, 0.4) is 0 Å². The molecule has 1 aromatic carbocycles. The summed E-state index contributed by atoms with van der Waals surface area (Å²) >= 11 is 0. The van der Waals surface area contributed by atoms with Crippen LogP contribution in [0.2, 0.25) is 0 Å². The van der Waals surface area contributed by atoms with Gasteiger partial charge < -0.3 is 14.5 Å². The van der Waals surface area contributed by atoms with Gasteiger partial charge in [-0.1, -0.05) is 5.21 Å². The Bertz CT molecular complexity index is 736. The molecule has 0 bridgehead atoms. The van der Waals surface area contributed by atoms with E-state index in [4.69, 9.17) is 9.47 Å². The van der Waals surface area contributed by atoms with Gasteiger partial charge in [-0.3, -0.25) is 0 Å². The second-order valence-corrected chi connectivity index (χ2v) is 4.64. The van der Waals surface area contributed by atoms with Crippen LogP contribution in [0.15, 0.2) is 36.8 Å². The second kappa shape index (κ2) is 6.30. The molecule has 0 aliphatic rings. The van der Waals surface area contributed by atoms with E-state index >= 15 is 0 Å². The first-order valence-corrected chi connectivity index (χ1v) is 6.99. The summed E-state index contributed by atoms with van der Waals surface area (Å²) in [4.78, 5) is 7.21. The fourth-order valence-electron chi connectivity index (χ4n) is 2.15. The van der Waals surface area contributed by atoms with Crippen LogP contribution in [0, 0.1) is 0 Å². The third-order valence-corrected chi connectivity index (χ3v) is 3.16. The second-order valence-electron chi connectivity index (χ2n) is 4.64. The number of nitrogens with one attached hydrogen (secondary N) is 1. The van der Waals surface area contributed by atoms with E-state index in [9.17, 15) is 0 Å². The van der Waals surface area contributed by atoms with E-state index in [0.717, 1.165) is 17.1 Å². The van der Waals surface area contributed by atoms with Crippen LogP contribution < -0.4 is 9.47 Å². The first-order chi connectivity index (χ1) is 10.8. The van der Waals surface area contributed by atoms with Crippen LogP contribution in [0.1, 0.15) is 12.7 Å². The maximum absolute atomic E-state index is 5.59. The molecule has 7 nitrogen and oxygen atoms in total. The lowest BCUT2D eigenvalue weighted by Crippen LogP contribution is -2.01. The Hall–Kier alpha value is -2.83. The van der Waals surface area contributed by atoms with Crippen LogP contribution in [-0.2, 0) is 6.54 Å². The van der Waals surface area contributed by atoms with Gasteiger partial charge in [-0.2, -0.15) is 0 Å². The molecule has 3 aromatic rings. The topological polar surface area (TPSA) is 77.9 Å². The van der Waals surface area contributed by atoms with Crippen molar-refractivity contribution in [3.05, 3.63) is 42.6 Å². The molecular weight excluding hydrogens is 282 g/mol. The predicted molar refractivity (Wildman–Crippen MR) is 80.9 cm³/mol. The van der Waals surface area contributed by atoms with Gasteiger partial charge in [0.2, 0.25) is 0 Å². The molecule has 0 aliphatic carbocycles. The molecule has 1 N–H and O–H groups in total. The Balaban J connectivity index is 1.84. The van der Waals surface area contributed by atoms with E-state index in [1.165, 1.54) is 0 Å². The molecule has 7 heteroatoms. The number of hydrogen-bond donors (Lipinski definition) is 1. The predicted octanol–water partition coefficient (Wildman–Crippen LogP) is 2.12. The van der Waals surface area contributed by atoms with Crippen molar-refractivity contribution in [3.63, 3.8) is 0 Å². The lowest BCUT2D eigenvalue weighted by molar-refractivity contribution is 0.311. The van der Waals surface area contributed by atoms with Gasteiger partial charge in [0.25, 0.3) is 0 Å². The van der Waals surface area contributed by atoms with Crippen molar-refractivity contribution in [2.24, 2.45) is 0 Å². The van der Waals surface area contributed by atoms with E-state index in [1.807, 2.05) is 31.3 Å². The number of ether oxygens (including phenoxy) is 2. The third kappa shape index (κ3) is 2.93. The molecule has 0 radical (unpaired) electrons. The average Bonchev–Trinajstić information content (AvgIpc) is 3.20. The highest BCUT2D eigenvalue weighted by atomic mass is 16.5. The molecular formula is C15H17N5O2. The fourth-order valence-corrected chi connectivity index (χ4v) is 2.15. The maximum atomic E-state index is 5.59. The SMILES string of the molecule is CCOc1cc(-c2cn(Cc3ncc[nH]3)nn2)ccc1OC. The Morgan fingerprint density at radius 2 is 2.18 bits per heavy atom. The standard InChI is InChI=1S/C15H17N5O2/c1-3-22-14-8-11(4-5-13(14)21-2)12-9-20(19-18-12)10-15-16-6-7-17-15/h4-9H,3,10H2,1-2H3,(H,16,17). The molecule has 0 amide bonds. The number of aromatic nitrogens is 5. The number of hydrogen-bond acceptors (Lipinski definition) is 5. The summed E-state index contributed by atoms with van der Waals surface area (Å²) in [6, 6.07) is 5.71. The van der Waals surface area contributed by atoms with E-state index in [0.29, 0.717) is 24.7 Å². The van der Waals surface area contributed by atoms with Gasteiger partial charge in [0, 0.05) is 18.0 Å². The average molecular weight is 299 g/mol. The zero-order valence-corrected chi connectivity index (χ0v) is 12.5. The molecule has 0 spiro atoms. The molecule has 0 fully saturated rings. The van der Waals surface area contributed by atoms with E-state index in [-0.39, 0.29) is 0 Å². The highest BCUT2D eigenvalue weighted by Gasteiger charge is 2.10. The number of aromatic amines is 1. The highest BCUT2D eigenvalue weighted by Crippen LogP contribution is 2.31. The smallest absolute Gasteiger partial charge is 0.161 e. The minimum atomic E-state index is 0.550. The Kier molecular flexibility index (Phi) is 4.04. The molecule has 22 heavy (non-hydrogen) atoms. The van der Waals surface area contributed by atoms with Crippen molar-refractivity contribution in [2.45, 2.75) is 13.5 Å². The van der Waals surface area contributed by atoms with E-state index in [2.05, 4.69) is 20.3 Å². The molecule has 2 aromatic heterocycles. The summed E-state index contributed by atoms with van der Waals surface area (Å²) in [7, 11) is 1.62. The number of imidazole rings is 1. The Morgan fingerprint density at radius 1 is 1.27 bits per heavy atom. The van der Waals surface area contributed by atoms with Crippen molar-refractivity contribution >= 4 is 0 Å². The molecule has 114 valence electrons. The van der Waals surface area contributed by atoms with Crippen LogP contribution in [0.5, 0.6) is 11.5 Å². The number of rotatable bonds is 6. The van der Waals surface area contributed by atoms with Crippen molar-refractivity contribution in [3.8, 4) is 22.8 Å². The van der Waals surface area contributed by atoms with Crippen molar-refractivity contribution < 1.29 is 9.47 Å². The molecule has 0 atom stereocenters. The van der Waals surface area contributed by atoms with Crippen LogP contribution in [0.4, 0.5) is 0 Å². The summed E-state index contributed by atoms with van der Waals surface area (Å²) in [5, 5.41) is 8.32. The van der Waals surface area contributed by atoms with Crippen LogP contribution in [0.25, 0.3) is 11.3 Å². The molecule has 2 heterocycles. The van der Waals surface area contributed by atoms with Gasteiger partial charge in [0.15, 0.2) is 11.5 Å². The number of benzene rings is 1. The Morgan fingerprint density at radius 3 is 2.91 bits per heavy atom. The molecule has 0 saturated carbocycles. The first-order valence-electron chi connectivity index (χ1n) is 6.99. The normalized spacial score (nSPS) is 10.6. The fraction of sp³-hybridized carbons (Fsp3) is 0.267. The Labute approximate surface area is 127 Å². The lowest BCUT2D eigenvalue weighted by Gasteiger charge is -2.09. The van der Waals surface area contributed by atoms with Gasteiger partial charge in [-0.25, -0.2) is 9.67 Å². The van der Waals surface area contributed by atoms with E-state index in [1.54, 1.807) is 24.2 Å². The summed E-state index contributed by atoms with van der Waals surface area (Å²) in [6.07, 6.45) is 5.37. The third-order valence-electron chi connectivity index (χ3n) is 3.16. The van der Waals surface area contributed by atoms with Gasteiger partial charge in [0.1, 0.15) is 18.1 Å². The van der Waals surface area contributed by atoms with E-state index < -0.39 is 0 Å². The largest absolute Gasteiger partial charge is 0.493 e. The maximum Gasteiger partial charge on any atom is 0.161 e. The van der Waals surface area contributed by atoms with Crippen molar-refractivity contribution in [1.29, 1.82) is 0 Å². The van der Waals surface area contributed by atoms with Crippen LogP contribution in [-0.4, -0.2) is 38.7 Å². The summed E-state index contributed by atoms with van der Waals surface area (Å²) in [5.74, 6) is 2.23. The number of methoxy groups -OCH3 is 1. The molecule has 0 aliphatic heterocycles. The van der Waals surface area contributed by atoms with Gasteiger partial charge >= 0.3 is 0 Å². The molecule has 0 unspecified atom stereocenters. The molecule has 3 rings (SSSR count). The zero-order chi connectivity index (χ0) is 15.4. The first kappa shape index (κ1) is 14.1. The van der Waals surface area contributed by atoms with Gasteiger partial charge in [-0.15, -0.1) is 5.10 Å². The summed E-state index contributed by atoms with van der Waals surface area (Å²) < 4.78 is 12.6. The number of nitrogens with zero attached hydrogens (tertiary/aromatic N) is 4. The quantitative estimate of drug-likeness (QED) is 0.754. The summed E-state index contributed by atoms with van der Waals surface area (Å²) in [5.41, 5.74) is 1.70.